The highest BCUT2D eigenvalue weighted by Crippen LogP contribution is 2.13. The summed E-state index contributed by atoms with van der Waals surface area (Å²) in [6.07, 6.45) is 1.77. The Kier molecular flexibility index (Phi) is 6.58. The van der Waals surface area contributed by atoms with E-state index in [4.69, 9.17) is 14.9 Å². The van der Waals surface area contributed by atoms with Gasteiger partial charge >= 0.3 is 12.0 Å². The summed E-state index contributed by atoms with van der Waals surface area (Å²) in [4.78, 5) is 23.6. The highest BCUT2D eigenvalue weighted by Gasteiger charge is 2.19. The summed E-state index contributed by atoms with van der Waals surface area (Å²) in [5, 5.41) is 20.1. The molecule has 0 aromatic heterocycles. The van der Waals surface area contributed by atoms with Crippen molar-refractivity contribution in [1.29, 1.82) is 0 Å². The van der Waals surface area contributed by atoms with Gasteiger partial charge in [0.2, 0.25) is 0 Å². The number of amides is 2. The highest BCUT2D eigenvalue weighted by atomic mass is 16.5. The number of carbonyl (C=O) groups is 2. The van der Waals surface area contributed by atoms with Crippen LogP contribution in [0.2, 0.25) is 0 Å². The van der Waals surface area contributed by atoms with Crippen LogP contribution in [0.5, 0.6) is 0 Å². The first-order valence-electron chi connectivity index (χ1n) is 6.52. The van der Waals surface area contributed by atoms with Gasteiger partial charge in [0, 0.05) is 33.2 Å². The van der Waals surface area contributed by atoms with Crippen molar-refractivity contribution in [3.63, 3.8) is 0 Å². The number of rotatable bonds is 6. The molecular weight excluding hydrogens is 252 g/mol. The average molecular weight is 274 g/mol. The third-order valence-electron chi connectivity index (χ3n) is 3.08. The molecule has 1 aliphatic heterocycles. The standard InChI is InChI=1S/C12H22N2O5/c1-14(8-9-4-2-3-7-19-9)12(18)13-6-5-10(15)11(16)17/h9-10,15H,2-8H2,1H3,(H,13,18)(H,16,17)/t9?,10-/m0/s1. The number of hydrogen-bond donors (Lipinski definition) is 3. The molecule has 7 nitrogen and oxygen atoms in total. The zero-order valence-electron chi connectivity index (χ0n) is 11.2. The Morgan fingerprint density at radius 1 is 1.47 bits per heavy atom. The van der Waals surface area contributed by atoms with Crippen molar-refractivity contribution in [2.24, 2.45) is 0 Å². The molecule has 1 aliphatic rings. The van der Waals surface area contributed by atoms with E-state index in [9.17, 15) is 9.59 Å². The molecule has 0 aromatic rings. The maximum absolute atomic E-state index is 11.7. The molecule has 1 fully saturated rings. The first-order chi connectivity index (χ1) is 9.00. The molecule has 0 saturated carbocycles. The van der Waals surface area contributed by atoms with Crippen LogP contribution < -0.4 is 5.32 Å². The quantitative estimate of drug-likeness (QED) is 0.635. The molecular formula is C12H22N2O5. The van der Waals surface area contributed by atoms with Crippen molar-refractivity contribution in [3.8, 4) is 0 Å². The third-order valence-corrected chi connectivity index (χ3v) is 3.08. The lowest BCUT2D eigenvalue weighted by atomic mass is 10.1. The topological polar surface area (TPSA) is 99.1 Å². The molecule has 110 valence electrons. The van der Waals surface area contributed by atoms with Gasteiger partial charge in [0.1, 0.15) is 0 Å². The fourth-order valence-corrected chi connectivity index (χ4v) is 1.91. The average Bonchev–Trinajstić information content (AvgIpc) is 2.39. The molecule has 7 heteroatoms. The van der Waals surface area contributed by atoms with Gasteiger partial charge in [0.05, 0.1) is 6.10 Å². The Hall–Kier alpha value is -1.34. The maximum Gasteiger partial charge on any atom is 0.332 e. The molecule has 0 radical (unpaired) electrons. The van der Waals surface area contributed by atoms with E-state index >= 15 is 0 Å². The van der Waals surface area contributed by atoms with Crippen LogP contribution in [0.4, 0.5) is 4.79 Å². The van der Waals surface area contributed by atoms with Crippen molar-refractivity contribution in [3.05, 3.63) is 0 Å². The summed E-state index contributed by atoms with van der Waals surface area (Å²) >= 11 is 0. The normalized spacial score (nSPS) is 20.6. The van der Waals surface area contributed by atoms with Gasteiger partial charge in [-0.25, -0.2) is 9.59 Å². The molecule has 0 aromatic carbocycles. The van der Waals surface area contributed by atoms with Crippen molar-refractivity contribution >= 4 is 12.0 Å². The van der Waals surface area contributed by atoms with Gasteiger partial charge in [0.15, 0.2) is 6.10 Å². The number of aliphatic hydroxyl groups excluding tert-OH is 1. The Bertz CT molecular complexity index is 304. The Morgan fingerprint density at radius 3 is 2.79 bits per heavy atom. The van der Waals surface area contributed by atoms with Crippen LogP contribution in [-0.2, 0) is 9.53 Å². The number of hydrogen-bond acceptors (Lipinski definition) is 4. The summed E-state index contributed by atoms with van der Waals surface area (Å²) in [7, 11) is 1.67. The second-order valence-electron chi connectivity index (χ2n) is 4.74. The van der Waals surface area contributed by atoms with Crippen LogP contribution in [0.3, 0.4) is 0 Å². The summed E-state index contributed by atoms with van der Waals surface area (Å²) in [6.45, 7) is 1.39. The number of likely N-dealkylation sites (N-methyl/N-ethyl adjacent to an activating group) is 1. The van der Waals surface area contributed by atoms with Gasteiger partial charge in [-0.3, -0.25) is 0 Å². The van der Waals surface area contributed by atoms with Crippen molar-refractivity contribution < 1.29 is 24.5 Å². The minimum Gasteiger partial charge on any atom is -0.479 e. The van der Waals surface area contributed by atoms with Crippen LogP contribution in [0.25, 0.3) is 0 Å². The first-order valence-corrected chi connectivity index (χ1v) is 6.52. The largest absolute Gasteiger partial charge is 0.479 e. The van der Waals surface area contributed by atoms with E-state index in [1.54, 1.807) is 7.05 Å². The van der Waals surface area contributed by atoms with Gasteiger partial charge < -0.3 is 25.2 Å². The number of urea groups is 1. The van der Waals surface area contributed by atoms with Crippen LogP contribution in [0, 0.1) is 0 Å². The molecule has 1 unspecified atom stereocenters. The van der Waals surface area contributed by atoms with Crippen molar-refractivity contribution in [1.82, 2.24) is 10.2 Å². The minimum absolute atomic E-state index is 0.00512. The van der Waals surface area contributed by atoms with Crippen molar-refractivity contribution in [2.75, 3.05) is 26.7 Å². The fourth-order valence-electron chi connectivity index (χ4n) is 1.91. The van der Waals surface area contributed by atoms with E-state index in [1.807, 2.05) is 0 Å². The zero-order chi connectivity index (χ0) is 14.3. The predicted molar refractivity (Wildman–Crippen MR) is 67.9 cm³/mol. The highest BCUT2D eigenvalue weighted by molar-refractivity contribution is 5.74. The molecule has 2 atom stereocenters. The van der Waals surface area contributed by atoms with E-state index in [-0.39, 0.29) is 25.1 Å². The Morgan fingerprint density at radius 2 is 2.21 bits per heavy atom. The second-order valence-corrected chi connectivity index (χ2v) is 4.74. The summed E-state index contributed by atoms with van der Waals surface area (Å²) in [5.41, 5.74) is 0. The SMILES string of the molecule is CN(CC1CCCCO1)C(=O)NCC[C@H](O)C(=O)O. The Balaban J connectivity index is 2.19. The monoisotopic (exact) mass is 274 g/mol. The molecule has 1 heterocycles. The summed E-state index contributed by atoms with van der Waals surface area (Å²) < 4.78 is 5.53. The van der Waals surface area contributed by atoms with Gasteiger partial charge in [-0.2, -0.15) is 0 Å². The van der Waals surface area contributed by atoms with E-state index in [0.29, 0.717) is 6.54 Å². The Labute approximate surface area is 112 Å². The summed E-state index contributed by atoms with van der Waals surface area (Å²) in [6, 6.07) is -0.285. The van der Waals surface area contributed by atoms with E-state index < -0.39 is 12.1 Å². The molecule has 3 N–H and O–H groups in total. The first kappa shape index (κ1) is 15.7. The van der Waals surface area contributed by atoms with Gasteiger partial charge in [-0.05, 0) is 19.3 Å². The predicted octanol–water partition coefficient (Wildman–Crippen LogP) is 0.0325. The second kappa shape index (κ2) is 7.96. The smallest absolute Gasteiger partial charge is 0.332 e. The maximum atomic E-state index is 11.7. The van der Waals surface area contributed by atoms with Crippen LogP contribution in [-0.4, -0.2) is 66.1 Å². The lowest BCUT2D eigenvalue weighted by Crippen LogP contribution is -2.43. The number of aliphatic carboxylic acids is 1. The molecule has 0 aliphatic carbocycles. The lowest BCUT2D eigenvalue weighted by Gasteiger charge is -2.27. The van der Waals surface area contributed by atoms with Crippen LogP contribution in [0.15, 0.2) is 0 Å². The molecule has 2 amide bonds. The molecule has 19 heavy (non-hydrogen) atoms. The molecule has 1 saturated heterocycles. The van der Waals surface area contributed by atoms with Crippen LogP contribution in [0.1, 0.15) is 25.7 Å². The minimum atomic E-state index is -1.44. The number of carboxylic acids is 1. The van der Waals surface area contributed by atoms with Crippen molar-refractivity contribution in [2.45, 2.75) is 37.9 Å². The number of carboxylic acid groups (broad SMARTS) is 1. The number of aliphatic hydroxyl groups is 1. The van der Waals surface area contributed by atoms with E-state index in [1.165, 1.54) is 4.90 Å². The number of nitrogens with one attached hydrogen (secondary N) is 1. The molecule has 0 bridgehead atoms. The number of nitrogens with zero attached hydrogens (tertiary/aromatic N) is 1. The van der Waals surface area contributed by atoms with Gasteiger partial charge in [-0.1, -0.05) is 0 Å². The van der Waals surface area contributed by atoms with E-state index in [2.05, 4.69) is 5.32 Å². The van der Waals surface area contributed by atoms with Gasteiger partial charge in [0.25, 0.3) is 0 Å². The fraction of sp³-hybridized carbons (Fsp3) is 0.833. The molecule has 0 spiro atoms. The van der Waals surface area contributed by atoms with Crippen LogP contribution >= 0.6 is 0 Å². The number of ether oxygens (including phenoxy) is 1. The van der Waals surface area contributed by atoms with Gasteiger partial charge in [-0.15, -0.1) is 0 Å². The number of carbonyl (C=O) groups excluding carboxylic acids is 1. The third kappa shape index (κ3) is 5.89. The summed E-state index contributed by atoms with van der Waals surface area (Å²) in [5.74, 6) is -1.28. The molecule has 1 rings (SSSR count). The van der Waals surface area contributed by atoms with E-state index in [0.717, 1.165) is 25.9 Å². The zero-order valence-corrected chi connectivity index (χ0v) is 11.2. The lowest BCUT2D eigenvalue weighted by molar-refractivity contribution is -0.146.